The van der Waals surface area contributed by atoms with Crippen LogP contribution in [0.5, 0.6) is 0 Å². The van der Waals surface area contributed by atoms with E-state index < -0.39 is 0 Å². The fraction of sp³-hybridized carbons (Fsp3) is 0. The highest BCUT2D eigenvalue weighted by atomic mass is 16.3. The normalized spacial score (nSPS) is 11.6. The Morgan fingerprint density at radius 3 is 1.76 bits per heavy atom. The molecule has 0 aliphatic heterocycles. The summed E-state index contributed by atoms with van der Waals surface area (Å²) in [6.45, 7) is 0. The highest BCUT2D eigenvalue weighted by Gasteiger charge is 2.21. The Balaban J connectivity index is 1.18. The highest BCUT2D eigenvalue weighted by Crippen LogP contribution is 2.46. The maximum absolute atomic E-state index is 6.71. The third-order valence-electron chi connectivity index (χ3n) is 10.0. The van der Waals surface area contributed by atoms with Crippen molar-refractivity contribution in [1.29, 1.82) is 0 Å². The van der Waals surface area contributed by atoms with E-state index in [0.717, 1.165) is 55.5 Å². The van der Waals surface area contributed by atoms with Crippen LogP contribution in [0.25, 0.3) is 76.5 Å². The van der Waals surface area contributed by atoms with E-state index in [-0.39, 0.29) is 0 Å². The summed E-state index contributed by atoms with van der Waals surface area (Å²) >= 11 is 0. The van der Waals surface area contributed by atoms with E-state index in [1.165, 1.54) is 38.1 Å². The fourth-order valence-corrected chi connectivity index (χ4v) is 7.70. The quantitative estimate of drug-likeness (QED) is 0.175. The van der Waals surface area contributed by atoms with Crippen LogP contribution in [0.4, 0.5) is 17.1 Å². The van der Waals surface area contributed by atoms with Gasteiger partial charge in [0.2, 0.25) is 0 Å². The Bertz CT molecular complexity index is 2870. The van der Waals surface area contributed by atoms with E-state index in [4.69, 9.17) is 4.42 Å². The Kier molecular flexibility index (Phi) is 6.53. The van der Waals surface area contributed by atoms with Crippen LogP contribution in [0.1, 0.15) is 0 Å². The second-order valence-electron chi connectivity index (χ2n) is 12.9. The van der Waals surface area contributed by atoms with E-state index >= 15 is 0 Å². The molecule has 2 nitrogen and oxygen atoms in total. The zero-order chi connectivity index (χ0) is 33.0. The van der Waals surface area contributed by atoms with Gasteiger partial charge in [0, 0.05) is 38.4 Å². The summed E-state index contributed by atoms with van der Waals surface area (Å²) in [6.07, 6.45) is 0. The molecule has 0 bridgehead atoms. The molecule has 50 heavy (non-hydrogen) atoms. The third kappa shape index (κ3) is 4.50. The second-order valence-corrected chi connectivity index (χ2v) is 12.9. The van der Waals surface area contributed by atoms with Crippen LogP contribution in [0.15, 0.2) is 192 Å². The molecule has 0 unspecified atom stereocenters. The van der Waals surface area contributed by atoms with Crippen LogP contribution in [0.3, 0.4) is 0 Å². The fourth-order valence-electron chi connectivity index (χ4n) is 7.70. The number of rotatable bonds is 5. The summed E-state index contributed by atoms with van der Waals surface area (Å²) in [7, 11) is 0. The minimum Gasteiger partial charge on any atom is -0.455 e. The van der Waals surface area contributed by atoms with E-state index in [2.05, 4.69) is 193 Å². The average molecular weight is 638 g/mol. The molecule has 0 saturated carbocycles. The molecule has 0 saturated heterocycles. The lowest BCUT2D eigenvalue weighted by atomic mass is 9.97. The van der Waals surface area contributed by atoms with Gasteiger partial charge < -0.3 is 9.32 Å². The first-order valence-electron chi connectivity index (χ1n) is 17.1. The summed E-state index contributed by atoms with van der Waals surface area (Å²) in [4.78, 5) is 2.43. The molecule has 0 radical (unpaired) electrons. The highest BCUT2D eigenvalue weighted by molar-refractivity contribution is 6.18. The summed E-state index contributed by atoms with van der Waals surface area (Å²) < 4.78 is 6.71. The predicted octanol–water partition coefficient (Wildman–Crippen LogP) is 13.8. The first-order chi connectivity index (χ1) is 24.8. The van der Waals surface area contributed by atoms with E-state index in [1.54, 1.807) is 0 Å². The van der Waals surface area contributed by atoms with Crippen LogP contribution >= 0.6 is 0 Å². The summed E-state index contributed by atoms with van der Waals surface area (Å²) in [5, 5.41) is 9.51. The van der Waals surface area contributed by atoms with Crippen molar-refractivity contribution in [2.24, 2.45) is 0 Å². The SMILES string of the molecule is c1ccc(-c2ccccc2N(c2ccc(-c3cccc4c3oc3c5ccccc5ccc43)cc2)c2cc3ccccc3c3ccccc23)cc1. The zero-order valence-electron chi connectivity index (χ0n) is 27.3. The van der Waals surface area contributed by atoms with Crippen molar-refractivity contribution in [3.8, 4) is 22.3 Å². The molecular weight excluding hydrogens is 607 g/mol. The van der Waals surface area contributed by atoms with E-state index in [1.807, 2.05) is 0 Å². The molecule has 234 valence electrons. The van der Waals surface area contributed by atoms with Crippen molar-refractivity contribution < 1.29 is 4.42 Å². The van der Waals surface area contributed by atoms with Gasteiger partial charge in [-0.3, -0.25) is 0 Å². The Morgan fingerprint density at radius 2 is 0.920 bits per heavy atom. The Labute approximate surface area is 290 Å². The molecule has 0 N–H and O–H groups in total. The Hall–Kier alpha value is -6.64. The van der Waals surface area contributed by atoms with Gasteiger partial charge in [-0.05, 0) is 63.0 Å². The summed E-state index contributed by atoms with van der Waals surface area (Å²) in [6, 6.07) is 67.4. The molecule has 10 rings (SSSR count). The monoisotopic (exact) mass is 637 g/mol. The maximum atomic E-state index is 6.71. The summed E-state index contributed by atoms with van der Waals surface area (Å²) in [5.41, 5.74) is 9.75. The minimum absolute atomic E-state index is 0.915. The number of fused-ring (bicyclic) bond motifs is 8. The molecule has 1 aromatic heterocycles. The van der Waals surface area contributed by atoms with E-state index in [9.17, 15) is 0 Å². The van der Waals surface area contributed by atoms with Crippen molar-refractivity contribution in [2.75, 3.05) is 4.90 Å². The minimum atomic E-state index is 0.915. The lowest BCUT2D eigenvalue weighted by molar-refractivity contribution is 0.674. The number of furan rings is 1. The molecule has 2 heteroatoms. The van der Waals surface area contributed by atoms with Crippen molar-refractivity contribution in [3.63, 3.8) is 0 Å². The maximum Gasteiger partial charge on any atom is 0.143 e. The van der Waals surface area contributed by atoms with E-state index in [0.29, 0.717) is 0 Å². The molecule has 0 spiro atoms. The van der Waals surface area contributed by atoms with Crippen molar-refractivity contribution >= 4 is 71.3 Å². The van der Waals surface area contributed by atoms with Gasteiger partial charge in [0.05, 0.1) is 11.4 Å². The molecule has 0 fully saturated rings. The largest absolute Gasteiger partial charge is 0.455 e. The standard InChI is InChI=1S/C48H31NO/c1-2-13-32(14-3-1)38-18-10-11-24-45(38)49(46-31-35-16-5-6-17-37(35)41-20-8-9-21-42(41)46)36-28-25-34(26-29-36)40-22-12-23-43-44-30-27-33-15-4-7-19-39(33)48(44)50-47(40)43/h1-31H. The predicted molar refractivity (Wildman–Crippen MR) is 212 cm³/mol. The van der Waals surface area contributed by atoms with Gasteiger partial charge in [0.1, 0.15) is 11.2 Å². The zero-order valence-corrected chi connectivity index (χ0v) is 27.3. The van der Waals surface area contributed by atoms with Crippen LogP contribution in [-0.4, -0.2) is 0 Å². The first-order valence-corrected chi connectivity index (χ1v) is 17.1. The lowest BCUT2D eigenvalue weighted by Crippen LogP contribution is -2.12. The molecule has 0 atom stereocenters. The third-order valence-corrected chi connectivity index (χ3v) is 10.0. The molecule has 1 heterocycles. The molecule has 0 aliphatic carbocycles. The molecule has 10 aromatic rings. The van der Waals surface area contributed by atoms with Gasteiger partial charge in [-0.25, -0.2) is 0 Å². The van der Waals surface area contributed by atoms with Gasteiger partial charge in [-0.15, -0.1) is 0 Å². The second kappa shape index (κ2) is 11.5. The smallest absolute Gasteiger partial charge is 0.143 e. The van der Waals surface area contributed by atoms with Crippen LogP contribution in [0, 0.1) is 0 Å². The molecule has 0 amide bonds. The first kappa shape index (κ1) is 28.4. The number of hydrogen-bond donors (Lipinski definition) is 0. The van der Waals surface area contributed by atoms with Gasteiger partial charge in [-0.1, -0.05) is 158 Å². The van der Waals surface area contributed by atoms with Crippen molar-refractivity contribution in [1.82, 2.24) is 0 Å². The molecular formula is C48H31NO. The molecule has 0 aliphatic rings. The average Bonchev–Trinajstić information content (AvgIpc) is 3.59. The number of anilines is 3. The number of nitrogens with zero attached hydrogens (tertiary/aromatic N) is 1. The van der Waals surface area contributed by atoms with Gasteiger partial charge in [0.15, 0.2) is 0 Å². The molecule has 9 aromatic carbocycles. The Morgan fingerprint density at radius 1 is 0.320 bits per heavy atom. The van der Waals surface area contributed by atoms with Crippen LogP contribution in [-0.2, 0) is 0 Å². The van der Waals surface area contributed by atoms with Crippen molar-refractivity contribution in [3.05, 3.63) is 188 Å². The number of para-hydroxylation sites is 2. The summed E-state index contributed by atoms with van der Waals surface area (Å²) in [5.74, 6) is 0. The van der Waals surface area contributed by atoms with Gasteiger partial charge in [0.25, 0.3) is 0 Å². The lowest BCUT2D eigenvalue weighted by Gasteiger charge is -2.29. The number of hydrogen-bond acceptors (Lipinski definition) is 2. The topological polar surface area (TPSA) is 16.4 Å². The number of benzene rings is 9. The van der Waals surface area contributed by atoms with Crippen molar-refractivity contribution in [2.45, 2.75) is 0 Å². The van der Waals surface area contributed by atoms with Gasteiger partial charge >= 0.3 is 0 Å². The van der Waals surface area contributed by atoms with Crippen LogP contribution in [0.2, 0.25) is 0 Å². The van der Waals surface area contributed by atoms with Gasteiger partial charge in [-0.2, -0.15) is 0 Å². The van der Waals surface area contributed by atoms with Crippen LogP contribution < -0.4 is 4.90 Å².